The summed E-state index contributed by atoms with van der Waals surface area (Å²) in [4.78, 5) is 26.7. The number of nitrogens with zero attached hydrogens (tertiary/aromatic N) is 1. The van der Waals surface area contributed by atoms with Crippen LogP contribution in [0.2, 0.25) is 0 Å². The second-order valence-electron chi connectivity index (χ2n) is 6.62. The van der Waals surface area contributed by atoms with Crippen molar-refractivity contribution < 1.29 is 37.3 Å². The van der Waals surface area contributed by atoms with Gasteiger partial charge in [0.1, 0.15) is 17.3 Å². The van der Waals surface area contributed by atoms with Gasteiger partial charge in [-0.1, -0.05) is 6.08 Å². The highest BCUT2D eigenvalue weighted by Crippen LogP contribution is 2.38. The highest BCUT2D eigenvalue weighted by Gasteiger charge is 2.38. The van der Waals surface area contributed by atoms with Crippen molar-refractivity contribution >= 4 is 17.7 Å². The zero-order valence-electron chi connectivity index (χ0n) is 15.3. The highest BCUT2D eigenvalue weighted by atomic mass is 19.4. The summed E-state index contributed by atoms with van der Waals surface area (Å²) in [6, 6.07) is 0.455. The molecule has 0 aliphatic carbocycles. The van der Waals surface area contributed by atoms with Gasteiger partial charge < -0.3 is 14.6 Å². The Kier molecular flexibility index (Phi) is 6.82. The zero-order valence-corrected chi connectivity index (χ0v) is 15.3. The molecule has 2 N–H and O–H groups in total. The number of carboxylic acids is 1. The summed E-state index contributed by atoms with van der Waals surface area (Å²) in [5.41, 5.74) is -3.73. The standard InChI is InChI=1S/C17H21F3N2O5/c1-6-7-9(2)26-13-10(17(18,19)20)8-11(12(22-13)14(23)24)21-15(25)27-16(3,4)5/h6,8-9H,1,7H2,2-5H3,(H,21,25)(H,23,24). The minimum Gasteiger partial charge on any atom is -0.476 e. The van der Waals surface area contributed by atoms with Crippen LogP contribution in [0.1, 0.15) is 50.2 Å². The number of amides is 1. The van der Waals surface area contributed by atoms with Crippen molar-refractivity contribution in [2.75, 3.05) is 5.32 Å². The summed E-state index contributed by atoms with van der Waals surface area (Å²) < 4.78 is 50.2. The van der Waals surface area contributed by atoms with Crippen LogP contribution in [0.25, 0.3) is 0 Å². The molecule has 27 heavy (non-hydrogen) atoms. The summed E-state index contributed by atoms with van der Waals surface area (Å²) in [6.07, 6.45) is -5.07. The molecule has 1 amide bonds. The van der Waals surface area contributed by atoms with Crippen molar-refractivity contribution in [1.29, 1.82) is 0 Å². The quantitative estimate of drug-likeness (QED) is 0.695. The fourth-order valence-corrected chi connectivity index (χ4v) is 1.93. The van der Waals surface area contributed by atoms with Crippen LogP contribution in [0.15, 0.2) is 18.7 Å². The second-order valence-corrected chi connectivity index (χ2v) is 6.62. The molecule has 0 bridgehead atoms. The van der Waals surface area contributed by atoms with Crippen LogP contribution in [0, 0.1) is 0 Å². The van der Waals surface area contributed by atoms with Gasteiger partial charge >= 0.3 is 18.2 Å². The number of pyridine rings is 1. The second kappa shape index (κ2) is 8.28. The van der Waals surface area contributed by atoms with E-state index < -0.39 is 52.8 Å². The zero-order chi connectivity index (χ0) is 21.0. The van der Waals surface area contributed by atoms with E-state index in [1.807, 2.05) is 5.32 Å². The lowest BCUT2D eigenvalue weighted by Crippen LogP contribution is -2.28. The van der Waals surface area contributed by atoms with Gasteiger partial charge in [-0.3, -0.25) is 5.32 Å². The van der Waals surface area contributed by atoms with Crippen LogP contribution >= 0.6 is 0 Å². The largest absolute Gasteiger partial charge is 0.476 e. The third-order valence-corrected chi connectivity index (χ3v) is 2.94. The number of carbonyl (C=O) groups is 2. The van der Waals surface area contributed by atoms with Crippen molar-refractivity contribution in [3.05, 3.63) is 30.0 Å². The molecule has 1 heterocycles. The van der Waals surface area contributed by atoms with Gasteiger partial charge in [0.05, 0.1) is 5.69 Å². The summed E-state index contributed by atoms with van der Waals surface area (Å²) in [5, 5.41) is 11.2. The Hall–Kier alpha value is -2.78. The van der Waals surface area contributed by atoms with Crippen LogP contribution in [-0.4, -0.2) is 33.9 Å². The van der Waals surface area contributed by atoms with Gasteiger partial charge in [-0.2, -0.15) is 13.2 Å². The molecule has 0 aliphatic rings. The van der Waals surface area contributed by atoms with Crippen LogP contribution in [0.4, 0.5) is 23.7 Å². The normalized spacial score (nSPS) is 12.9. The third kappa shape index (κ3) is 6.80. The van der Waals surface area contributed by atoms with E-state index in [0.29, 0.717) is 6.07 Å². The molecule has 1 rings (SSSR count). The van der Waals surface area contributed by atoms with E-state index in [1.165, 1.54) is 13.0 Å². The fourth-order valence-electron chi connectivity index (χ4n) is 1.93. The molecular formula is C17H21F3N2O5. The van der Waals surface area contributed by atoms with Gasteiger partial charge in [0.25, 0.3) is 0 Å². The summed E-state index contributed by atoms with van der Waals surface area (Å²) >= 11 is 0. The van der Waals surface area contributed by atoms with Crippen LogP contribution < -0.4 is 10.1 Å². The number of rotatable bonds is 6. The number of halogens is 3. The SMILES string of the molecule is C=CCC(C)Oc1nc(C(=O)O)c(NC(=O)OC(C)(C)C)cc1C(F)(F)F. The molecular weight excluding hydrogens is 369 g/mol. The first-order valence-electron chi connectivity index (χ1n) is 7.87. The Morgan fingerprint density at radius 2 is 1.96 bits per heavy atom. The number of ether oxygens (including phenoxy) is 2. The average molecular weight is 390 g/mol. The van der Waals surface area contributed by atoms with E-state index in [-0.39, 0.29) is 6.42 Å². The van der Waals surface area contributed by atoms with Crippen molar-refractivity contribution in [2.45, 2.75) is 52.0 Å². The summed E-state index contributed by atoms with van der Waals surface area (Å²) in [7, 11) is 0. The van der Waals surface area contributed by atoms with Crippen molar-refractivity contribution in [1.82, 2.24) is 4.98 Å². The third-order valence-electron chi connectivity index (χ3n) is 2.94. The van der Waals surface area contributed by atoms with Gasteiger partial charge in [-0.05, 0) is 33.8 Å². The molecule has 0 spiro atoms. The van der Waals surface area contributed by atoms with Crippen molar-refractivity contribution in [2.24, 2.45) is 0 Å². The van der Waals surface area contributed by atoms with Crippen molar-refractivity contribution in [3.63, 3.8) is 0 Å². The molecule has 1 aromatic rings. The number of aromatic carboxylic acids is 1. The van der Waals surface area contributed by atoms with Crippen LogP contribution in [-0.2, 0) is 10.9 Å². The Morgan fingerprint density at radius 1 is 1.37 bits per heavy atom. The van der Waals surface area contributed by atoms with Gasteiger partial charge in [0.15, 0.2) is 5.69 Å². The number of alkyl halides is 3. The van der Waals surface area contributed by atoms with E-state index in [0.717, 1.165) is 0 Å². The lowest BCUT2D eigenvalue weighted by molar-refractivity contribution is -0.139. The maximum absolute atomic E-state index is 13.4. The minimum atomic E-state index is -4.89. The predicted octanol–water partition coefficient (Wildman–Crippen LogP) is 4.49. The molecule has 10 heteroatoms. The summed E-state index contributed by atoms with van der Waals surface area (Å²) in [6.45, 7) is 9.57. The number of aromatic nitrogens is 1. The molecule has 1 atom stereocenters. The first-order chi connectivity index (χ1) is 12.2. The van der Waals surface area contributed by atoms with E-state index in [9.17, 15) is 27.9 Å². The summed E-state index contributed by atoms with van der Waals surface area (Å²) in [5.74, 6) is -2.54. The smallest absolute Gasteiger partial charge is 0.421 e. The Morgan fingerprint density at radius 3 is 2.41 bits per heavy atom. The maximum Gasteiger partial charge on any atom is 0.421 e. The number of nitrogens with one attached hydrogen (secondary N) is 1. The number of hydrogen-bond acceptors (Lipinski definition) is 5. The van der Waals surface area contributed by atoms with Gasteiger partial charge in [0, 0.05) is 6.42 Å². The first-order valence-corrected chi connectivity index (χ1v) is 7.87. The molecule has 0 fully saturated rings. The highest BCUT2D eigenvalue weighted by molar-refractivity contribution is 5.97. The molecule has 0 saturated heterocycles. The molecule has 0 aromatic carbocycles. The van der Waals surface area contributed by atoms with Crippen LogP contribution in [0.3, 0.4) is 0 Å². The lowest BCUT2D eigenvalue weighted by atomic mass is 10.2. The molecule has 0 aliphatic heterocycles. The monoisotopic (exact) mass is 390 g/mol. The Bertz CT molecular complexity index is 727. The molecule has 0 radical (unpaired) electrons. The number of hydrogen-bond donors (Lipinski definition) is 2. The topological polar surface area (TPSA) is 97.8 Å². The van der Waals surface area contributed by atoms with Crippen molar-refractivity contribution in [3.8, 4) is 5.88 Å². The Labute approximate surface area is 154 Å². The maximum atomic E-state index is 13.4. The number of carbonyl (C=O) groups excluding carboxylic acids is 1. The van der Waals surface area contributed by atoms with Gasteiger partial charge in [0.2, 0.25) is 5.88 Å². The van der Waals surface area contributed by atoms with E-state index in [1.54, 1.807) is 20.8 Å². The average Bonchev–Trinajstić information content (AvgIpc) is 2.45. The lowest BCUT2D eigenvalue weighted by Gasteiger charge is -2.21. The van der Waals surface area contributed by atoms with Gasteiger partial charge in [-0.25, -0.2) is 14.6 Å². The first kappa shape index (κ1) is 22.3. The van der Waals surface area contributed by atoms with Gasteiger partial charge in [-0.15, -0.1) is 6.58 Å². The number of anilines is 1. The van der Waals surface area contributed by atoms with E-state index in [4.69, 9.17) is 9.47 Å². The minimum absolute atomic E-state index is 0.222. The molecule has 7 nitrogen and oxygen atoms in total. The van der Waals surface area contributed by atoms with E-state index >= 15 is 0 Å². The predicted molar refractivity (Wildman–Crippen MR) is 91.0 cm³/mol. The van der Waals surface area contributed by atoms with Crippen LogP contribution in [0.5, 0.6) is 5.88 Å². The Balaban J connectivity index is 3.40. The molecule has 150 valence electrons. The fraction of sp³-hybridized carbons (Fsp3) is 0.471. The van der Waals surface area contributed by atoms with E-state index in [2.05, 4.69) is 11.6 Å². The molecule has 1 aromatic heterocycles. The molecule has 0 saturated carbocycles. The number of carboxylic acid groups (broad SMARTS) is 1. The molecule has 1 unspecified atom stereocenters.